The second kappa shape index (κ2) is 9.63. The number of aromatic nitrogens is 8. The summed E-state index contributed by atoms with van der Waals surface area (Å²) >= 11 is 2.94. The number of fused-ring (bicyclic) bond motifs is 2. The Morgan fingerprint density at radius 2 is 1.08 bits per heavy atom. The van der Waals surface area contributed by atoms with Crippen LogP contribution in [0.25, 0.3) is 9.92 Å². The van der Waals surface area contributed by atoms with Gasteiger partial charge in [0.1, 0.15) is 24.7 Å². The van der Waals surface area contributed by atoms with Gasteiger partial charge >= 0.3 is 0 Å². The summed E-state index contributed by atoms with van der Waals surface area (Å²) in [6.45, 7) is 4.82. The summed E-state index contributed by atoms with van der Waals surface area (Å²) < 4.78 is 15.4. The Balaban J connectivity index is 1.12. The topological polar surface area (TPSA) is 105 Å². The van der Waals surface area contributed by atoms with Crippen LogP contribution in [0.4, 0.5) is 0 Å². The van der Waals surface area contributed by atoms with Crippen LogP contribution in [0.1, 0.15) is 32.8 Å². The van der Waals surface area contributed by atoms with Crippen LogP contribution in [0.3, 0.4) is 0 Å². The third-order valence-electron chi connectivity index (χ3n) is 5.66. The number of aryl methyl sites for hydroxylation is 4. The zero-order chi connectivity index (χ0) is 24.5. The summed E-state index contributed by atoms with van der Waals surface area (Å²) in [6.07, 6.45) is 1.21. The van der Waals surface area contributed by atoms with Crippen molar-refractivity contribution >= 4 is 32.6 Å². The SMILES string of the molecule is Cc1ccccc1OCc1nn2c(CCc3nnc4sc(COc5ccccc5C)nn34)nnc2s1. The average molecular weight is 519 g/mol. The number of hydrogen-bond acceptors (Lipinski definition) is 10. The van der Waals surface area contributed by atoms with E-state index in [1.807, 2.05) is 62.4 Å². The molecule has 0 saturated heterocycles. The molecular weight excluding hydrogens is 496 g/mol. The summed E-state index contributed by atoms with van der Waals surface area (Å²) in [5.74, 6) is 3.23. The van der Waals surface area contributed by atoms with Gasteiger partial charge in [-0.2, -0.15) is 19.2 Å². The molecule has 0 bridgehead atoms. The van der Waals surface area contributed by atoms with E-state index in [0.29, 0.717) is 26.1 Å². The van der Waals surface area contributed by atoms with Gasteiger partial charge < -0.3 is 9.47 Å². The molecule has 0 radical (unpaired) electrons. The van der Waals surface area contributed by atoms with Crippen LogP contribution in [-0.4, -0.2) is 39.6 Å². The van der Waals surface area contributed by atoms with Crippen LogP contribution in [0.15, 0.2) is 48.5 Å². The molecule has 0 N–H and O–H groups in total. The summed E-state index contributed by atoms with van der Waals surface area (Å²) in [5.41, 5.74) is 2.18. The predicted molar refractivity (Wildman–Crippen MR) is 136 cm³/mol. The highest BCUT2D eigenvalue weighted by molar-refractivity contribution is 7.16. The van der Waals surface area contributed by atoms with Crippen molar-refractivity contribution in [1.29, 1.82) is 0 Å². The number of nitrogens with zero attached hydrogens (tertiary/aromatic N) is 8. The van der Waals surface area contributed by atoms with Crippen molar-refractivity contribution in [3.05, 3.63) is 81.3 Å². The first-order valence-corrected chi connectivity index (χ1v) is 13.0. The molecule has 0 aliphatic carbocycles. The Hall–Kier alpha value is -3.90. The van der Waals surface area contributed by atoms with Crippen molar-refractivity contribution in [2.24, 2.45) is 0 Å². The van der Waals surface area contributed by atoms with Crippen LogP contribution in [0.2, 0.25) is 0 Å². The van der Waals surface area contributed by atoms with Crippen molar-refractivity contribution < 1.29 is 9.47 Å². The number of ether oxygens (including phenoxy) is 2. The molecule has 0 saturated carbocycles. The Bertz CT molecular complexity index is 1530. The molecule has 0 aliphatic heterocycles. The van der Waals surface area contributed by atoms with Gasteiger partial charge in [0.25, 0.3) is 0 Å². The molecule has 0 amide bonds. The molecule has 36 heavy (non-hydrogen) atoms. The molecule has 0 aliphatic rings. The molecule has 6 rings (SSSR count). The summed E-state index contributed by atoms with van der Waals surface area (Å²) in [6, 6.07) is 15.9. The van der Waals surface area contributed by atoms with Gasteiger partial charge in [-0.15, -0.1) is 20.4 Å². The van der Waals surface area contributed by atoms with E-state index >= 15 is 0 Å². The van der Waals surface area contributed by atoms with Crippen molar-refractivity contribution in [2.45, 2.75) is 39.9 Å². The highest BCUT2D eigenvalue weighted by Gasteiger charge is 2.16. The number of para-hydroxylation sites is 2. The lowest BCUT2D eigenvalue weighted by Gasteiger charge is -2.06. The number of hydrogen-bond donors (Lipinski definition) is 0. The minimum Gasteiger partial charge on any atom is -0.486 e. The highest BCUT2D eigenvalue weighted by Crippen LogP contribution is 2.22. The zero-order valence-corrected chi connectivity index (χ0v) is 21.3. The maximum Gasteiger partial charge on any atom is 0.234 e. The van der Waals surface area contributed by atoms with E-state index in [1.54, 1.807) is 9.03 Å². The molecule has 6 aromatic rings. The van der Waals surface area contributed by atoms with Crippen LogP contribution >= 0.6 is 22.7 Å². The fourth-order valence-corrected chi connectivity index (χ4v) is 5.29. The lowest BCUT2D eigenvalue weighted by Crippen LogP contribution is -2.05. The summed E-state index contributed by atoms with van der Waals surface area (Å²) in [5, 5.41) is 28.2. The van der Waals surface area contributed by atoms with E-state index in [4.69, 9.17) is 9.47 Å². The first-order valence-electron chi connectivity index (χ1n) is 11.4. The average Bonchev–Trinajstić information content (AvgIpc) is 3.64. The normalized spacial score (nSPS) is 11.5. The van der Waals surface area contributed by atoms with Gasteiger partial charge in [-0.1, -0.05) is 59.1 Å². The van der Waals surface area contributed by atoms with Crippen molar-refractivity contribution in [3.8, 4) is 11.5 Å². The van der Waals surface area contributed by atoms with Crippen molar-refractivity contribution in [1.82, 2.24) is 39.6 Å². The third kappa shape index (κ3) is 4.52. The molecule has 0 spiro atoms. The van der Waals surface area contributed by atoms with E-state index in [0.717, 1.165) is 54.2 Å². The predicted octanol–water partition coefficient (Wildman–Crippen LogP) is 4.25. The maximum absolute atomic E-state index is 5.93. The zero-order valence-electron chi connectivity index (χ0n) is 19.7. The van der Waals surface area contributed by atoms with E-state index in [9.17, 15) is 0 Å². The van der Waals surface area contributed by atoms with Gasteiger partial charge in [-0.3, -0.25) is 0 Å². The van der Waals surface area contributed by atoms with Crippen LogP contribution < -0.4 is 9.47 Å². The lowest BCUT2D eigenvalue weighted by molar-refractivity contribution is 0.301. The second-order valence-electron chi connectivity index (χ2n) is 8.22. The van der Waals surface area contributed by atoms with Gasteiger partial charge in [0.2, 0.25) is 9.92 Å². The van der Waals surface area contributed by atoms with E-state index < -0.39 is 0 Å². The van der Waals surface area contributed by atoms with Gasteiger partial charge in [-0.25, -0.2) is 0 Å². The second-order valence-corrected chi connectivity index (χ2v) is 10.3. The molecule has 10 nitrogen and oxygen atoms in total. The quantitative estimate of drug-likeness (QED) is 0.280. The monoisotopic (exact) mass is 518 g/mol. The smallest absolute Gasteiger partial charge is 0.234 e. The van der Waals surface area contributed by atoms with Crippen molar-refractivity contribution in [2.75, 3.05) is 0 Å². The minimum atomic E-state index is 0.384. The molecule has 0 fully saturated rings. The highest BCUT2D eigenvalue weighted by atomic mass is 32.1. The Kier molecular flexibility index (Phi) is 6.03. The molecule has 0 unspecified atom stereocenters. The maximum atomic E-state index is 5.93. The lowest BCUT2D eigenvalue weighted by atomic mass is 10.2. The minimum absolute atomic E-state index is 0.384. The Morgan fingerprint density at radius 3 is 1.53 bits per heavy atom. The largest absolute Gasteiger partial charge is 0.486 e. The van der Waals surface area contributed by atoms with Gasteiger partial charge in [0, 0.05) is 12.8 Å². The van der Waals surface area contributed by atoms with Crippen molar-refractivity contribution in [3.63, 3.8) is 0 Å². The molecule has 4 aromatic heterocycles. The van der Waals surface area contributed by atoms with Crippen LogP contribution in [-0.2, 0) is 26.1 Å². The van der Waals surface area contributed by atoms with Gasteiger partial charge in [-0.05, 0) is 37.1 Å². The van der Waals surface area contributed by atoms with E-state index in [2.05, 4.69) is 30.6 Å². The first-order chi connectivity index (χ1) is 17.6. The third-order valence-corrected chi connectivity index (χ3v) is 7.40. The number of rotatable bonds is 9. The Morgan fingerprint density at radius 1 is 0.639 bits per heavy atom. The fraction of sp³-hybridized carbons (Fsp3) is 0.250. The fourth-order valence-electron chi connectivity index (χ4n) is 3.76. The molecular formula is C24H22N8O2S2. The van der Waals surface area contributed by atoms with E-state index in [-0.39, 0.29) is 0 Å². The van der Waals surface area contributed by atoms with Gasteiger partial charge in [0.05, 0.1) is 0 Å². The first kappa shape index (κ1) is 22.6. The molecule has 4 heterocycles. The standard InChI is InChI=1S/C24H22N8O2S2/c1-15-7-3-5-9-17(15)33-13-21-29-31-19(25-27-23(31)35-21)11-12-20-26-28-24-32(20)30-22(36-24)14-34-18-10-6-4-8-16(18)2/h3-10H,11-14H2,1-2H3. The van der Waals surface area contributed by atoms with Gasteiger partial charge in [0.15, 0.2) is 21.7 Å². The molecule has 182 valence electrons. The number of benzene rings is 2. The van der Waals surface area contributed by atoms with E-state index in [1.165, 1.54) is 22.7 Å². The van der Waals surface area contributed by atoms with Crippen LogP contribution in [0.5, 0.6) is 11.5 Å². The molecule has 12 heteroatoms. The molecule has 0 atom stereocenters. The summed E-state index contributed by atoms with van der Waals surface area (Å²) in [7, 11) is 0. The summed E-state index contributed by atoms with van der Waals surface area (Å²) in [4.78, 5) is 1.48. The molecule has 2 aromatic carbocycles. The Labute approximate surface area is 214 Å². The van der Waals surface area contributed by atoms with Crippen LogP contribution in [0, 0.1) is 13.8 Å².